The largest absolute Gasteiger partial charge is 0.361 e. The van der Waals surface area contributed by atoms with Gasteiger partial charge in [-0.2, -0.15) is 0 Å². The summed E-state index contributed by atoms with van der Waals surface area (Å²) in [6, 6.07) is 12.8. The lowest BCUT2D eigenvalue weighted by molar-refractivity contribution is 0.0656. The molecule has 2 N–H and O–H groups in total. The topological polar surface area (TPSA) is 77.0 Å². The van der Waals surface area contributed by atoms with Crippen LogP contribution in [0.5, 0.6) is 0 Å². The smallest absolute Gasteiger partial charge is 0.261 e. The molecule has 2 heterocycles. The van der Waals surface area contributed by atoms with E-state index >= 15 is 0 Å². The highest BCUT2D eigenvalue weighted by Crippen LogP contribution is 2.25. The SMILES string of the molecule is CSC(=N)c1ccc2[nH]cc(CCN3C(=O)c4ccccc4C3=O)c2c1.I. The summed E-state index contributed by atoms with van der Waals surface area (Å²) in [6.07, 6.45) is 4.36. The Bertz CT molecular complexity index is 1030. The number of aromatic amines is 1. The van der Waals surface area contributed by atoms with Crippen LogP contribution in [0.2, 0.25) is 0 Å². The zero-order chi connectivity index (χ0) is 18.3. The number of hydrogen-bond donors (Lipinski definition) is 2. The van der Waals surface area contributed by atoms with Gasteiger partial charge in [-0.05, 0) is 42.5 Å². The summed E-state index contributed by atoms with van der Waals surface area (Å²) in [5.41, 5.74) is 3.85. The van der Waals surface area contributed by atoms with Crippen molar-refractivity contribution in [3.63, 3.8) is 0 Å². The highest BCUT2D eigenvalue weighted by Gasteiger charge is 2.34. The summed E-state index contributed by atoms with van der Waals surface area (Å²) in [7, 11) is 0. The lowest BCUT2D eigenvalue weighted by Gasteiger charge is -2.13. The van der Waals surface area contributed by atoms with Crippen molar-refractivity contribution in [3.05, 3.63) is 70.9 Å². The van der Waals surface area contributed by atoms with E-state index in [2.05, 4.69) is 4.98 Å². The maximum Gasteiger partial charge on any atom is 0.261 e. The van der Waals surface area contributed by atoms with Crippen LogP contribution in [0.4, 0.5) is 0 Å². The Kier molecular flexibility index (Phi) is 5.71. The second kappa shape index (κ2) is 7.85. The van der Waals surface area contributed by atoms with Gasteiger partial charge in [0.25, 0.3) is 11.8 Å². The first-order valence-corrected chi connectivity index (χ1v) is 9.51. The van der Waals surface area contributed by atoms with Crippen LogP contribution in [0, 0.1) is 5.41 Å². The lowest BCUT2D eigenvalue weighted by Crippen LogP contribution is -2.31. The Morgan fingerprint density at radius 3 is 2.41 bits per heavy atom. The second-order valence-corrected chi connectivity index (χ2v) is 6.98. The minimum atomic E-state index is -0.227. The van der Waals surface area contributed by atoms with Crippen LogP contribution in [0.15, 0.2) is 48.7 Å². The van der Waals surface area contributed by atoms with Gasteiger partial charge < -0.3 is 4.98 Å². The molecule has 1 aliphatic heterocycles. The molecule has 0 atom stereocenters. The molecule has 4 rings (SSSR count). The van der Waals surface area contributed by atoms with Crippen LogP contribution >= 0.6 is 35.7 Å². The fraction of sp³-hybridized carbons (Fsp3) is 0.150. The van der Waals surface area contributed by atoms with Gasteiger partial charge in [-0.25, -0.2) is 0 Å². The molecule has 5 nitrogen and oxygen atoms in total. The molecule has 138 valence electrons. The maximum atomic E-state index is 12.5. The number of H-pyrrole nitrogens is 1. The van der Waals surface area contributed by atoms with Crippen molar-refractivity contribution in [1.82, 2.24) is 9.88 Å². The van der Waals surface area contributed by atoms with Gasteiger partial charge in [0.1, 0.15) is 0 Å². The number of aromatic nitrogens is 1. The van der Waals surface area contributed by atoms with Gasteiger partial charge in [0, 0.05) is 29.2 Å². The first-order chi connectivity index (χ1) is 12.6. The number of rotatable bonds is 4. The van der Waals surface area contributed by atoms with Crippen LogP contribution in [-0.2, 0) is 6.42 Å². The molecule has 2 amide bonds. The lowest BCUT2D eigenvalue weighted by atomic mass is 10.1. The first-order valence-electron chi connectivity index (χ1n) is 8.28. The molecule has 7 heteroatoms. The Labute approximate surface area is 178 Å². The summed E-state index contributed by atoms with van der Waals surface area (Å²) >= 11 is 1.40. The number of hydrogen-bond acceptors (Lipinski definition) is 4. The normalized spacial score (nSPS) is 13.0. The van der Waals surface area contributed by atoms with Gasteiger partial charge >= 0.3 is 0 Å². The molecule has 0 saturated carbocycles. The zero-order valence-corrected chi connectivity index (χ0v) is 17.8. The monoisotopic (exact) mass is 491 g/mol. The number of carbonyl (C=O) groups is 2. The third-order valence-corrected chi connectivity index (χ3v) is 5.36. The fourth-order valence-electron chi connectivity index (χ4n) is 3.32. The Balaban J connectivity index is 0.00000210. The van der Waals surface area contributed by atoms with Crippen LogP contribution in [0.25, 0.3) is 10.9 Å². The van der Waals surface area contributed by atoms with Crippen molar-refractivity contribution < 1.29 is 9.59 Å². The third kappa shape index (κ3) is 3.41. The molecule has 0 aliphatic carbocycles. The predicted octanol–water partition coefficient (Wildman–Crippen LogP) is 4.31. The number of thioether (sulfide) groups is 1. The minimum Gasteiger partial charge on any atom is -0.361 e. The fourth-order valence-corrected chi connectivity index (χ4v) is 3.68. The molecule has 0 spiro atoms. The zero-order valence-electron chi connectivity index (χ0n) is 14.6. The van der Waals surface area contributed by atoms with E-state index in [1.807, 2.05) is 30.7 Å². The van der Waals surface area contributed by atoms with Crippen LogP contribution in [-0.4, -0.2) is 39.5 Å². The van der Waals surface area contributed by atoms with Gasteiger partial charge in [-0.15, -0.1) is 35.7 Å². The first kappa shape index (κ1) is 19.6. The highest BCUT2D eigenvalue weighted by atomic mass is 127. The molecular weight excluding hydrogens is 473 g/mol. The van der Waals surface area contributed by atoms with E-state index in [1.165, 1.54) is 16.7 Å². The minimum absolute atomic E-state index is 0. The van der Waals surface area contributed by atoms with Crippen molar-refractivity contribution >= 4 is 63.5 Å². The molecule has 27 heavy (non-hydrogen) atoms. The van der Waals surface area contributed by atoms with E-state index < -0.39 is 0 Å². The molecule has 2 aromatic carbocycles. The van der Waals surface area contributed by atoms with Gasteiger partial charge in [0.15, 0.2) is 0 Å². The van der Waals surface area contributed by atoms with E-state index in [-0.39, 0.29) is 35.8 Å². The molecule has 1 aromatic heterocycles. The van der Waals surface area contributed by atoms with E-state index in [9.17, 15) is 9.59 Å². The summed E-state index contributed by atoms with van der Waals surface area (Å²) < 4.78 is 0. The van der Waals surface area contributed by atoms with Crippen molar-refractivity contribution in [2.45, 2.75) is 6.42 Å². The highest BCUT2D eigenvalue weighted by molar-refractivity contribution is 14.0. The Hall–Kier alpha value is -2.13. The summed E-state index contributed by atoms with van der Waals surface area (Å²) in [6.45, 7) is 0.337. The molecule has 0 bridgehead atoms. The predicted molar refractivity (Wildman–Crippen MR) is 120 cm³/mol. The summed E-state index contributed by atoms with van der Waals surface area (Å²) in [5.74, 6) is -0.453. The van der Waals surface area contributed by atoms with E-state index in [0.717, 1.165) is 22.0 Å². The maximum absolute atomic E-state index is 12.5. The molecule has 0 fully saturated rings. The van der Waals surface area contributed by atoms with Gasteiger partial charge in [0.05, 0.1) is 16.2 Å². The second-order valence-electron chi connectivity index (χ2n) is 6.17. The van der Waals surface area contributed by atoms with Crippen LogP contribution in [0.3, 0.4) is 0 Å². The Morgan fingerprint density at radius 1 is 1.11 bits per heavy atom. The van der Waals surface area contributed by atoms with Crippen LogP contribution in [0.1, 0.15) is 31.8 Å². The molecule has 3 aromatic rings. The van der Waals surface area contributed by atoms with E-state index in [0.29, 0.717) is 29.1 Å². The molecule has 0 unspecified atom stereocenters. The quantitative estimate of drug-likeness (QED) is 0.247. The number of amides is 2. The summed E-state index contributed by atoms with van der Waals surface area (Å²) in [5, 5.41) is 9.54. The number of benzene rings is 2. The number of nitrogens with zero attached hydrogens (tertiary/aromatic N) is 1. The third-order valence-electron chi connectivity index (χ3n) is 4.72. The summed E-state index contributed by atoms with van der Waals surface area (Å²) in [4.78, 5) is 29.5. The number of imide groups is 1. The Morgan fingerprint density at radius 2 is 1.78 bits per heavy atom. The van der Waals surface area contributed by atoms with Crippen molar-refractivity contribution in [3.8, 4) is 0 Å². The standard InChI is InChI=1S/C20H17N3O2S.HI/c1-26-18(21)12-6-7-17-16(10-12)13(11-22-17)8-9-23-19(24)14-4-2-3-5-15(14)20(23)25;/h2-7,10-11,21-22H,8-9H2,1H3;1H. The number of nitrogens with one attached hydrogen (secondary N) is 2. The molecular formula is C20H18IN3O2S. The molecule has 0 radical (unpaired) electrons. The number of fused-ring (bicyclic) bond motifs is 2. The number of carbonyl (C=O) groups excluding carboxylic acids is 2. The molecule has 1 aliphatic rings. The van der Waals surface area contributed by atoms with E-state index in [1.54, 1.807) is 24.3 Å². The van der Waals surface area contributed by atoms with Crippen molar-refractivity contribution in [1.29, 1.82) is 5.41 Å². The van der Waals surface area contributed by atoms with E-state index in [4.69, 9.17) is 5.41 Å². The average Bonchev–Trinajstić information content (AvgIpc) is 3.19. The van der Waals surface area contributed by atoms with Gasteiger partial charge in [-0.1, -0.05) is 18.2 Å². The van der Waals surface area contributed by atoms with Gasteiger partial charge in [-0.3, -0.25) is 19.9 Å². The average molecular weight is 491 g/mol. The van der Waals surface area contributed by atoms with Gasteiger partial charge in [0.2, 0.25) is 0 Å². The van der Waals surface area contributed by atoms with Crippen LogP contribution < -0.4 is 0 Å². The van der Waals surface area contributed by atoms with Crippen molar-refractivity contribution in [2.24, 2.45) is 0 Å². The van der Waals surface area contributed by atoms with Crippen molar-refractivity contribution in [2.75, 3.05) is 12.8 Å². The molecule has 0 saturated heterocycles. The number of halogens is 1.